The van der Waals surface area contributed by atoms with Crippen LogP contribution in [0.2, 0.25) is 0 Å². The number of nitrogens with one attached hydrogen (secondary N) is 1. The number of aliphatic hydroxyl groups excluding tert-OH is 4. The fourth-order valence-corrected chi connectivity index (χ4v) is 16.9. The van der Waals surface area contributed by atoms with Gasteiger partial charge in [0, 0.05) is 125 Å². The van der Waals surface area contributed by atoms with Crippen LogP contribution in [0.3, 0.4) is 0 Å². The van der Waals surface area contributed by atoms with Crippen molar-refractivity contribution < 1.29 is 88.2 Å². The van der Waals surface area contributed by atoms with Gasteiger partial charge in [0.15, 0.2) is 18.4 Å². The van der Waals surface area contributed by atoms with E-state index in [4.69, 9.17) is 35.2 Å². The van der Waals surface area contributed by atoms with Gasteiger partial charge < -0.3 is 76.2 Å². The molecule has 1 aliphatic rings. The summed E-state index contributed by atoms with van der Waals surface area (Å²) in [5, 5.41) is 77.9. The Hall–Kier alpha value is -7.64. The van der Waals surface area contributed by atoms with Gasteiger partial charge in [-0.2, -0.15) is 0 Å². The van der Waals surface area contributed by atoms with Crippen LogP contribution in [0.4, 0.5) is 0 Å². The van der Waals surface area contributed by atoms with E-state index in [1.54, 1.807) is 39.8 Å². The molecule has 0 spiro atoms. The second-order valence-corrected chi connectivity index (χ2v) is 35.2. The Morgan fingerprint density at radius 2 is 1.18 bits per heavy atom. The lowest BCUT2D eigenvalue weighted by molar-refractivity contribution is -0.139. The molecule has 21 nitrogen and oxygen atoms in total. The van der Waals surface area contributed by atoms with Gasteiger partial charge in [-0.3, -0.25) is 24.0 Å². The topological polar surface area (TPSA) is 354 Å². The highest BCUT2D eigenvalue weighted by molar-refractivity contribution is 5.93. The van der Waals surface area contributed by atoms with E-state index >= 15 is 14.4 Å². The Bertz CT molecular complexity index is 3930. The Labute approximate surface area is 716 Å². The number of aliphatic hydroxyl groups is 6. The number of phenols is 1. The molecule has 0 radical (unpaired) electrons. The zero-order chi connectivity index (χ0) is 89.2. The molecule has 21 heteroatoms. The van der Waals surface area contributed by atoms with Gasteiger partial charge in [0.2, 0.25) is 5.76 Å². The summed E-state index contributed by atoms with van der Waals surface area (Å²) in [5.41, 5.74) is 19.2. The van der Waals surface area contributed by atoms with Crippen molar-refractivity contribution in [3.8, 4) is 11.5 Å². The first-order chi connectivity index (χ1) is 56.9. The number of hydrogen-bond donors (Lipinski definition) is 10. The summed E-state index contributed by atoms with van der Waals surface area (Å²) in [7, 11) is 1.48. The van der Waals surface area contributed by atoms with Crippen molar-refractivity contribution in [1.29, 1.82) is 0 Å². The lowest BCUT2D eigenvalue weighted by Gasteiger charge is -2.37. The van der Waals surface area contributed by atoms with Gasteiger partial charge in [-0.25, -0.2) is 4.79 Å². The quantitative estimate of drug-likeness (QED) is 0.00645. The number of esters is 1. The zero-order valence-electron chi connectivity index (χ0n) is 74.5. The number of allylic oxidation sites excluding steroid dienone is 5. The monoisotopic (exact) mass is 1670 g/mol. The number of Topliss-reactive ketones (excluding diaryl/α,β-unsaturated/α-hetero) is 5. The molecule has 4 aromatic carbocycles. The highest BCUT2D eigenvalue weighted by atomic mass is 16.6. The third kappa shape index (κ3) is 32.6. The highest BCUT2D eigenvalue weighted by Crippen LogP contribution is 2.44. The summed E-state index contributed by atoms with van der Waals surface area (Å²) in [5.74, 6) is -8.43. The molecule has 12 unspecified atom stereocenters. The molecule has 0 saturated carbocycles. The van der Waals surface area contributed by atoms with Gasteiger partial charge in [0.25, 0.3) is 0 Å². The van der Waals surface area contributed by atoms with Gasteiger partial charge >= 0.3 is 5.97 Å². The maximum atomic E-state index is 15.5. The molecule has 5 rings (SSSR count). The van der Waals surface area contributed by atoms with Crippen LogP contribution in [0.1, 0.15) is 209 Å². The Balaban J connectivity index is 1.41. The van der Waals surface area contributed by atoms with E-state index in [0.717, 1.165) is 39.1 Å². The predicted molar refractivity (Wildman–Crippen MR) is 472 cm³/mol. The molecule has 1 aliphatic heterocycles. The number of hydrogen-bond acceptors (Lipinski definition) is 21. The lowest BCUT2D eigenvalue weighted by atomic mass is 9.68. The summed E-state index contributed by atoms with van der Waals surface area (Å²) in [4.78, 5) is 89.4. The SMILES string of the molecule is C=C(C(C)CC(=C)[C@@H](CC(=O)C(CC(=O)[C@@H](C/C(C)=C(/CC(C)C)OC(=O)C(OCC)=C(CNCc1ccc(O)cc1)C(C)C)CC1COc2ccccc21)OCCN)CC(C)C(O)O)C(C)[C@@H](CC(C)C(O)O)C(=C)CC(CO)C(C)C(C)C(Cc1ccccc1)C(=O)CC(CC)C(=O)C[C@@H](Cc1ccccc1)C(=O)C[C@H](C(N)O)[C@@H](C)OC. The van der Waals surface area contributed by atoms with Crippen LogP contribution in [-0.4, -0.2) is 148 Å². The van der Waals surface area contributed by atoms with Crippen molar-refractivity contribution in [3.63, 3.8) is 0 Å². The molecular weight excluding hydrogens is 1520 g/mol. The number of para-hydroxylation sites is 1. The first-order valence-corrected chi connectivity index (χ1v) is 43.7. The predicted octanol–water partition coefficient (Wildman–Crippen LogP) is 15.2. The van der Waals surface area contributed by atoms with E-state index in [-0.39, 0.29) is 160 Å². The summed E-state index contributed by atoms with van der Waals surface area (Å²) in [6.45, 7) is 41.7. The first-order valence-electron chi connectivity index (χ1n) is 43.7. The van der Waals surface area contributed by atoms with Crippen molar-refractivity contribution >= 4 is 34.9 Å². The highest BCUT2D eigenvalue weighted by Gasteiger charge is 2.41. The number of nitrogens with two attached hydrogens (primary N) is 2. The van der Waals surface area contributed by atoms with Crippen LogP contribution in [0.5, 0.6) is 11.5 Å². The van der Waals surface area contributed by atoms with E-state index in [2.05, 4.69) is 25.1 Å². The Kier molecular flexibility index (Phi) is 44.7. The van der Waals surface area contributed by atoms with Crippen LogP contribution >= 0.6 is 0 Å². The molecule has 0 amide bonds. The van der Waals surface area contributed by atoms with Gasteiger partial charge in [-0.15, -0.1) is 0 Å². The molecule has 666 valence electrons. The molecule has 0 bridgehead atoms. The molecule has 0 aliphatic carbocycles. The molecule has 12 N–H and O–H groups in total. The molecule has 0 saturated heterocycles. The number of carbonyl (C=O) groups excluding carboxylic acids is 6. The molecule has 4 aromatic rings. The number of rotatable bonds is 60. The third-order valence-electron chi connectivity index (χ3n) is 25.3. The van der Waals surface area contributed by atoms with Gasteiger partial charge in [-0.1, -0.05) is 204 Å². The largest absolute Gasteiger partial charge is 0.508 e. The average Bonchev–Trinajstić information content (AvgIpc) is 1.61. The number of benzene rings is 4. The smallest absolute Gasteiger partial charge is 0.378 e. The number of ketones is 5. The molecular formula is C99H147N3O18. The summed E-state index contributed by atoms with van der Waals surface area (Å²) in [6, 6.07) is 33.7. The number of methoxy groups -OCH3 is 1. The summed E-state index contributed by atoms with van der Waals surface area (Å²) >= 11 is 0. The molecule has 120 heavy (non-hydrogen) atoms. The minimum absolute atomic E-state index is 0.0233. The Morgan fingerprint density at radius 3 is 1.75 bits per heavy atom. The second-order valence-electron chi connectivity index (χ2n) is 35.2. The van der Waals surface area contributed by atoms with E-state index < -0.39 is 102 Å². The van der Waals surface area contributed by atoms with Crippen LogP contribution < -0.4 is 21.5 Å². The van der Waals surface area contributed by atoms with Crippen LogP contribution in [-0.2, 0) is 67.1 Å². The van der Waals surface area contributed by atoms with Gasteiger partial charge in [-0.05, 0) is 178 Å². The number of carbonyl (C=O) groups is 6. The fourth-order valence-electron chi connectivity index (χ4n) is 16.9. The summed E-state index contributed by atoms with van der Waals surface area (Å²) < 4.78 is 30.5. The normalized spacial score (nSPS) is 17.7. The minimum atomic E-state index is -1.74. The van der Waals surface area contributed by atoms with E-state index in [1.807, 2.05) is 166 Å². The van der Waals surface area contributed by atoms with Crippen LogP contribution in [0.15, 0.2) is 168 Å². The number of fused-ring (bicyclic) bond motifs is 1. The third-order valence-corrected chi connectivity index (χ3v) is 25.3. The number of phenolic OH excluding ortho intramolecular Hbond substituents is 1. The fraction of sp³-hybridized carbons (Fsp3) is 0.596. The van der Waals surface area contributed by atoms with E-state index in [9.17, 15) is 50.1 Å². The average molecular weight is 1670 g/mol. The molecule has 0 fully saturated rings. The first kappa shape index (κ1) is 103. The number of ether oxygens (including phenoxy) is 5. The lowest BCUT2D eigenvalue weighted by Crippen LogP contribution is -2.40. The minimum Gasteiger partial charge on any atom is -0.508 e. The maximum Gasteiger partial charge on any atom is 0.378 e. The number of aromatic hydroxyl groups is 1. The van der Waals surface area contributed by atoms with Crippen molar-refractivity contribution in [2.24, 2.45) is 106 Å². The summed E-state index contributed by atoms with van der Waals surface area (Å²) in [6.07, 6.45) is -4.47. The molecule has 18 atom stereocenters. The van der Waals surface area contributed by atoms with Gasteiger partial charge in [0.05, 0.1) is 25.9 Å². The zero-order valence-corrected chi connectivity index (χ0v) is 74.5. The second kappa shape index (κ2) is 52.1. The molecule has 0 aromatic heterocycles. The van der Waals surface area contributed by atoms with Crippen molar-refractivity contribution in [3.05, 3.63) is 191 Å². The van der Waals surface area contributed by atoms with Crippen molar-refractivity contribution in [1.82, 2.24) is 5.32 Å². The van der Waals surface area contributed by atoms with Crippen molar-refractivity contribution in [2.45, 2.75) is 237 Å². The standard InChI is InChI=1S/C99H147N3O18/c1-19-75(87(105)52-78(47-72-29-23-21-24-30-72)88(106)53-85(96(101)110)71(17)116-18)50-90(108)84(48-73-31-25-22-26-32-73)70(16)68(14)79(57-103)43-63(9)83(46-66(12)98(113)114)69(15)67(13)61(7)42-62(8)76(45-65(11)97(111)112)51-91(109)94(118-40-39-100)54-89(107)77(49-80-58-119-92-34-28-27-33-82(80)92)44-64(10)93(41-59(3)4)120-99(115)95(117-20-2)86(60(5)6)56-102-55-74-35-37-81(104)38-36-74/h21-38,59-61,65-66,68-71,75-80,83-85,94,96-98,102-104,110-114H,8-9,13,19-20,39-58,100-101H2,1-7,10-12,14-18H3/b93-64-,95-86?/t61?,65?,66?,68?,69?,70?,71-,75?,76-,77+,78-,79?,80?,83+,84?,85+,94?,96?/m1/s1. The van der Waals surface area contributed by atoms with E-state index in [0.29, 0.717) is 80.7 Å². The maximum absolute atomic E-state index is 15.5. The Morgan fingerprint density at radius 1 is 0.608 bits per heavy atom. The van der Waals surface area contributed by atoms with E-state index in [1.165, 1.54) is 7.11 Å². The van der Waals surface area contributed by atoms with Crippen molar-refractivity contribution in [2.75, 3.05) is 46.6 Å². The van der Waals surface area contributed by atoms with Crippen LogP contribution in [0, 0.1) is 94.7 Å². The van der Waals surface area contributed by atoms with Crippen LogP contribution in [0.25, 0.3) is 0 Å². The van der Waals surface area contributed by atoms with Gasteiger partial charge in [0.1, 0.15) is 52.7 Å². The molecule has 1 heterocycles.